The van der Waals surface area contributed by atoms with Gasteiger partial charge in [0.2, 0.25) is 0 Å². The Hall–Kier alpha value is -3.38. The number of anilines is 1. The van der Waals surface area contributed by atoms with Crippen LogP contribution in [-0.2, 0) is 0 Å². The third-order valence-electron chi connectivity index (χ3n) is 3.80. The van der Waals surface area contributed by atoms with Gasteiger partial charge in [0.1, 0.15) is 0 Å². The molecule has 4 rings (SSSR count). The molecule has 0 bridgehead atoms. The highest BCUT2D eigenvalue weighted by Crippen LogP contribution is 2.33. The van der Waals surface area contributed by atoms with E-state index in [2.05, 4.69) is 15.5 Å². The SMILES string of the molecule is O=C(Nc1ccccc1Sc1ccccc1)c1cc(-c2cccnc2)on1. The molecule has 0 aliphatic rings. The number of rotatable bonds is 5. The minimum absolute atomic E-state index is 0.216. The summed E-state index contributed by atoms with van der Waals surface area (Å²) in [5.41, 5.74) is 1.71. The molecule has 27 heavy (non-hydrogen) atoms. The number of pyridine rings is 1. The lowest BCUT2D eigenvalue weighted by atomic mass is 10.2. The lowest BCUT2D eigenvalue weighted by Gasteiger charge is -2.09. The number of carbonyl (C=O) groups excluding carboxylic acids is 1. The number of hydrogen-bond donors (Lipinski definition) is 1. The molecule has 0 radical (unpaired) electrons. The van der Waals surface area contributed by atoms with Crippen molar-refractivity contribution in [3.63, 3.8) is 0 Å². The van der Waals surface area contributed by atoms with Crippen molar-refractivity contribution in [2.45, 2.75) is 9.79 Å². The van der Waals surface area contributed by atoms with E-state index in [0.717, 1.165) is 21.0 Å². The molecular formula is C21H15N3O2S. The number of nitrogens with zero attached hydrogens (tertiary/aromatic N) is 2. The maximum atomic E-state index is 12.6. The normalized spacial score (nSPS) is 10.5. The second kappa shape index (κ2) is 7.88. The second-order valence-electron chi connectivity index (χ2n) is 5.68. The van der Waals surface area contributed by atoms with Crippen LogP contribution in [-0.4, -0.2) is 16.0 Å². The number of amides is 1. The Labute approximate surface area is 160 Å². The van der Waals surface area contributed by atoms with E-state index in [0.29, 0.717) is 5.76 Å². The molecule has 0 atom stereocenters. The summed E-state index contributed by atoms with van der Waals surface area (Å²) < 4.78 is 5.28. The zero-order valence-corrected chi connectivity index (χ0v) is 15.0. The Morgan fingerprint density at radius 2 is 1.78 bits per heavy atom. The maximum absolute atomic E-state index is 12.6. The Bertz CT molecular complexity index is 1050. The van der Waals surface area contributed by atoms with Crippen molar-refractivity contribution >= 4 is 23.4 Å². The number of hydrogen-bond acceptors (Lipinski definition) is 5. The molecule has 4 aromatic rings. The molecule has 132 valence electrons. The van der Waals surface area contributed by atoms with Crippen LogP contribution in [0.4, 0.5) is 5.69 Å². The van der Waals surface area contributed by atoms with Gasteiger partial charge in [-0.25, -0.2) is 0 Å². The molecule has 2 heterocycles. The van der Waals surface area contributed by atoms with Crippen LogP contribution in [0.1, 0.15) is 10.5 Å². The lowest BCUT2D eigenvalue weighted by Crippen LogP contribution is -2.12. The maximum Gasteiger partial charge on any atom is 0.277 e. The molecular weight excluding hydrogens is 358 g/mol. The van der Waals surface area contributed by atoms with E-state index < -0.39 is 0 Å². The predicted molar refractivity (Wildman–Crippen MR) is 105 cm³/mol. The molecule has 6 heteroatoms. The molecule has 0 aliphatic carbocycles. The quantitative estimate of drug-likeness (QED) is 0.525. The summed E-state index contributed by atoms with van der Waals surface area (Å²) in [6.07, 6.45) is 3.34. The van der Waals surface area contributed by atoms with Gasteiger partial charge in [-0.2, -0.15) is 0 Å². The molecule has 1 amide bonds. The van der Waals surface area contributed by atoms with Gasteiger partial charge in [-0.15, -0.1) is 0 Å². The van der Waals surface area contributed by atoms with E-state index >= 15 is 0 Å². The summed E-state index contributed by atoms with van der Waals surface area (Å²) in [5.74, 6) is 0.176. The predicted octanol–water partition coefficient (Wildman–Crippen LogP) is 5.14. The summed E-state index contributed by atoms with van der Waals surface area (Å²) in [7, 11) is 0. The summed E-state index contributed by atoms with van der Waals surface area (Å²) in [6.45, 7) is 0. The molecule has 2 aromatic heterocycles. The molecule has 0 spiro atoms. The van der Waals surface area contributed by atoms with Gasteiger partial charge in [0.15, 0.2) is 11.5 Å². The van der Waals surface area contributed by atoms with Crippen LogP contribution in [0.5, 0.6) is 0 Å². The smallest absolute Gasteiger partial charge is 0.277 e. The average Bonchev–Trinajstić information content (AvgIpc) is 3.21. The largest absolute Gasteiger partial charge is 0.355 e. The van der Waals surface area contributed by atoms with Crippen molar-refractivity contribution < 1.29 is 9.32 Å². The fourth-order valence-electron chi connectivity index (χ4n) is 2.49. The van der Waals surface area contributed by atoms with Crippen LogP contribution in [0.15, 0.2) is 99.5 Å². The van der Waals surface area contributed by atoms with Gasteiger partial charge >= 0.3 is 0 Å². The van der Waals surface area contributed by atoms with E-state index in [4.69, 9.17) is 4.52 Å². The van der Waals surface area contributed by atoms with Crippen LogP contribution in [0.2, 0.25) is 0 Å². The van der Waals surface area contributed by atoms with Crippen molar-refractivity contribution in [1.82, 2.24) is 10.1 Å². The highest BCUT2D eigenvalue weighted by atomic mass is 32.2. The topological polar surface area (TPSA) is 68.0 Å². The highest BCUT2D eigenvalue weighted by Gasteiger charge is 2.15. The minimum atomic E-state index is -0.324. The minimum Gasteiger partial charge on any atom is -0.355 e. The van der Waals surface area contributed by atoms with Crippen LogP contribution >= 0.6 is 11.8 Å². The van der Waals surface area contributed by atoms with Crippen molar-refractivity contribution in [2.75, 3.05) is 5.32 Å². The standard InChI is InChI=1S/C21H15N3O2S/c25-21(18-13-19(26-24-18)15-7-6-12-22-14-15)23-17-10-4-5-11-20(17)27-16-8-2-1-3-9-16/h1-14H,(H,23,25). The zero-order chi connectivity index (χ0) is 18.5. The second-order valence-corrected chi connectivity index (χ2v) is 6.80. The number of benzene rings is 2. The first-order valence-corrected chi connectivity index (χ1v) is 9.11. The first-order chi connectivity index (χ1) is 13.3. The van der Waals surface area contributed by atoms with Gasteiger partial charge in [0.25, 0.3) is 5.91 Å². The molecule has 0 unspecified atom stereocenters. The Balaban J connectivity index is 1.53. The molecule has 0 saturated carbocycles. The van der Waals surface area contributed by atoms with Crippen molar-refractivity contribution in [3.8, 4) is 11.3 Å². The van der Waals surface area contributed by atoms with Gasteiger partial charge in [0, 0.05) is 33.8 Å². The Kier molecular flexibility index (Phi) is 4.98. The number of carbonyl (C=O) groups is 1. The van der Waals surface area contributed by atoms with E-state index in [-0.39, 0.29) is 11.6 Å². The van der Waals surface area contributed by atoms with Crippen LogP contribution < -0.4 is 5.32 Å². The summed E-state index contributed by atoms with van der Waals surface area (Å²) in [4.78, 5) is 18.7. The summed E-state index contributed by atoms with van der Waals surface area (Å²) >= 11 is 1.59. The lowest BCUT2D eigenvalue weighted by molar-refractivity contribution is 0.101. The number of aromatic nitrogens is 2. The van der Waals surface area contributed by atoms with Crippen LogP contribution in [0.25, 0.3) is 11.3 Å². The first-order valence-electron chi connectivity index (χ1n) is 8.30. The molecule has 5 nitrogen and oxygen atoms in total. The molecule has 0 saturated heterocycles. The van der Waals surface area contributed by atoms with E-state index in [1.165, 1.54) is 0 Å². The number of para-hydroxylation sites is 1. The van der Waals surface area contributed by atoms with Crippen molar-refractivity contribution in [3.05, 3.63) is 90.9 Å². The van der Waals surface area contributed by atoms with E-state index in [1.807, 2.05) is 60.7 Å². The zero-order valence-electron chi connectivity index (χ0n) is 14.2. The fourth-order valence-corrected chi connectivity index (χ4v) is 3.41. The molecule has 1 N–H and O–H groups in total. The molecule has 2 aromatic carbocycles. The van der Waals surface area contributed by atoms with Gasteiger partial charge in [-0.3, -0.25) is 9.78 Å². The van der Waals surface area contributed by atoms with Gasteiger partial charge in [-0.1, -0.05) is 47.3 Å². The van der Waals surface area contributed by atoms with Gasteiger partial charge in [-0.05, 0) is 36.4 Å². The Morgan fingerprint density at radius 3 is 2.59 bits per heavy atom. The third kappa shape index (κ3) is 4.07. The van der Waals surface area contributed by atoms with E-state index in [9.17, 15) is 4.79 Å². The van der Waals surface area contributed by atoms with Gasteiger partial charge < -0.3 is 9.84 Å². The van der Waals surface area contributed by atoms with Crippen LogP contribution in [0, 0.1) is 0 Å². The van der Waals surface area contributed by atoms with Crippen LogP contribution in [0.3, 0.4) is 0 Å². The van der Waals surface area contributed by atoms with Crippen molar-refractivity contribution in [2.24, 2.45) is 0 Å². The summed E-state index contributed by atoms with van der Waals surface area (Å²) in [5, 5.41) is 6.79. The fraction of sp³-hybridized carbons (Fsp3) is 0. The third-order valence-corrected chi connectivity index (χ3v) is 4.88. The number of nitrogens with one attached hydrogen (secondary N) is 1. The molecule has 0 aliphatic heterocycles. The Morgan fingerprint density at radius 1 is 0.963 bits per heavy atom. The van der Waals surface area contributed by atoms with E-state index in [1.54, 1.807) is 36.3 Å². The molecule has 0 fully saturated rings. The van der Waals surface area contributed by atoms with Crippen molar-refractivity contribution in [1.29, 1.82) is 0 Å². The van der Waals surface area contributed by atoms with Gasteiger partial charge in [0.05, 0.1) is 5.69 Å². The average molecular weight is 373 g/mol. The monoisotopic (exact) mass is 373 g/mol. The summed E-state index contributed by atoms with van der Waals surface area (Å²) in [6, 6.07) is 22.9. The first kappa shape index (κ1) is 17.1. The highest BCUT2D eigenvalue weighted by molar-refractivity contribution is 7.99.